The van der Waals surface area contributed by atoms with Crippen LogP contribution in [0.2, 0.25) is 5.02 Å². The second kappa shape index (κ2) is 12.6. The lowest BCUT2D eigenvalue weighted by atomic mass is 10.1. The molecule has 0 spiro atoms. The summed E-state index contributed by atoms with van der Waals surface area (Å²) < 4.78 is 10.9. The van der Waals surface area contributed by atoms with Gasteiger partial charge in [0.1, 0.15) is 5.75 Å². The normalized spacial score (nSPS) is 11.4. The van der Waals surface area contributed by atoms with Gasteiger partial charge in [0.15, 0.2) is 6.61 Å². The van der Waals surface area contributed by atoms with Crippen LogP contribution in [0.3, 0.4) is 0 Å². The largest absolute Gasteiger partial charge is 0.484 e. The van der Waals surface area contributed by atoms with Crippen molar-refractivity contribution >= 4 is 29.9 Å². The lowest BCUT2D eigenvalue weighted by Gasteiger charge is -2.17. The van der Waals surface area contributed by atoms with Crippen LogP contribution in [-0.4, -0.2) is 39.8 Å². The van der Waals surface area contributed by atoms with E-state index in [0.29, 0.717) is 17.3 Å². The fraction of sp³-hybridized carbons (Fsp3) is 0.350. The first-order valence-electron chi connectivity index (χ1n) is 8.53. The molecule has 0 fully saturated rings. The predicted octanol–water partition coefficient (Wildman–Crippen LogP) is 3.41. The van der Waals surface area contributed by atoms with Crippen molar-refractivity contribution < 1.29 is 14.3 Å². The number of nitrogens with one attached hydrogen (secondary N) is 2. The third-order valence-electron chi connectivity index (χ3n) is 4.00. The second-order valence-corrected chi connectivity index (χ2v) is 6.28. The van der Waals surface area contributed by atoms with Gasteiger partial charge in [-0.05, 0) is 48.4 Å². The first-order valence-corrected chi connectivity index (χ1v) is 8.91. The highest BCUT2D eigenvalue weighted by Crippen LogP contribution is 2.19. The number of hydrogen-bond acceptors (Lipinski definition) is 4. The number of rotatable bonds is 10. The number of amides is 1. The Morgan fingerprint density at radius 3 is 2.56 bits per heavy atom. The Labute approximate surface area is 171 Å². The van der Waals surface area contributed by atoms with Gasteiger partial charge in [0.05, 0.1) is 6.10 Å². The molecular weight excluding hydrogens is 387 g/mol. The second-order valence-electron chi connectivity index (χ2n) is 5.84. The molecule has 1 unspecified atom stereocenters. The highest BCUT2D eigenvalue weighted by molar-refractivity contribution is 6.30. The third kappa shape index (κ3) is 8.18. The molecule has 148 valence electrons. The van der Waals surface area contributed by atoms with Crippen molar-refractivity contribution in [3.05, 3.63) is 64.7 Å². The quantitative estimate of drug-likeness (QED) is 0.587. The van der Waals surface area contributed by atoms with E-state index in [2.05, 4.69) is 10.6 Å². The number of likely N-dealkylation sites (N-methyl/N-ethyl adjacent to an activating group) is 1. The molecule has 0 radical (unpaired) electrons. The Hall–Kier alpha value is -1.79. The van der Waals surface area contributed by atoms with Gasteiger partial charge in [-0.2, -0.15) is 0 Å². The minimum absolute atomic E-state index is 0. The number of benzene rings is 2. The van der Waals surface area contributed by atoms with Crippen LogP contribution in [0.15, 0.2) is 48.5 Å². The number of methoxy groups -OCH3 is 1. The molecule has 5 nitrogen and oxygen atoms in total. The zero-order valence-electron chi connectivity index (χ0n) is 15.5. The summed E-state index contributed by atoms with van der Waals surface area (Å²) in [5.41, 5.74) is 2.26. The summed E-state index contributed by atoms with van der Waals surface area (Å²) in [5.74, 6) is 0.538. The number of ether oxygens (including phenoxy) is 2. The Balaban J connectivity index is 0.00000364. The van der Waals surface area contributed by atoms with Crippen LogP contribution in [0.4, 0.5) is 0 Å². The highest BCUT2D eigenvalue weighted by atomic mass is 35.5. The van der Waals surface area contributed by atoms with Crippen molar-refractivity contribution in [3.63, 3.8) is 0 Å². The molecule has 1 amide bonds. The van der Waals surface area contributed by atoms with Gasteiger partial charge in [0.2, 0.25) is 0 Å². The minimum atomic E-state index is -0.148. The molecule has 0 aliphatic rings. The maximum Gasteiger partial charge on any atom is 0.257 e. The summed E-state index contributed by atoms with van der Waals surface area (Å²) in [6.45, 7) is 1.57. The smallest absolute Gasteiger partial charge is 0.257 e. The van der Waals surface area contributed by atoms with Gasteiger partial charge < -0.3 is 20.1 Å². The fourth-order valence-corrected chi connectivity index (χ4v) is 2.68. The SMILES string of the molecule is CNC(=O)COc1ccc(CCNCC(OC)c2cccc(Cl)c2)cc1.Cl. The number of hydrogen-bond donors (Lipinski definition) is 2. The van der Waals surface area contributed by atoms with E-state index in [-0.39, 0.29) is 31.0 Å². The van der Waals surface area contributed by atoms with E-state index in [1.165, 1.54) is 5.56 Å². The van der Waals surface area contributed by atoms with Crippen LogP contribution in [0, 0.1) is 0 Å². The monoisotopic (exact) mass is 412 g/mol. The zero-order chi connectivity index (χ0) is 18.8. The Morgan fingerprint density at radius 1 is 1.19 bits per heavy atom. The lowest BCUT2D eigenvalue weighted by Crippen LogP contribution is -2.25. The van der Waals surface area contributed by atoms with E-state index in [1.54, 1.807) is 14.2 Å². The van der Waals surface area contributed by atoms with Crippen molar-refractivity contribution in [1.82, 2.24) is 10.6 Å². The van der Waals surface area contributed by atoms with Gasteiger partial charge in [0, 0.05) is 25.7 Å². The van der Waals surface area contributed by atoms with Crippen molar-refractivity contribution in [2.45, 2.75) is 12.5 Å². The molecule has 1 atom stereocenters. The van der Waals surface area contributed by atoms with E-state index in [0.717, 1.165) is 18.5 Å². The fourth-order valence-electron chi connectivity index (χ4n) is 2.48. The molecular formula is C20H26Cl2N2O3. The molecule has 2 N–H and O–H groups in total. The van der Waals surface area contributed by atoms with E-state index >= 15 is 0 Å². The maximum absolute atomic E-state index is 11.2. The van der Waals surface area contributed by atoms with Crippen molar-refractivity contribution in [3.8, 4) is 5.75 Å². The van der Waals surface area contributed by atoms with Crippen molar-refractivity contribution in [1.29, 1.82) is 0 Å². The van der Waals surface area contributed by atoms with E-state index in [1.807, 2.05) is 48.5 Å². The van der Waals surface area contributed by atoms with Crippen LogP contribution in [0.1, 0.15) is 17.2 Å². The van der Waals surface area contributed by atoms with Gasteiger partial charge in [0.25, 0.3) is 5.91 Å². The van der Waals surface area contributed by atoms with Crippen LogP contribution in [0.5, 0.6) is 5.75 Å². The summed E-state index contributed by atoms with van der Waals surface area (Å²) in [6, 6.07) is 15.5. The molecule has 7 heteroatoms. The first kappa shape index (κ1) is 23.2. The number of carbonyl (C=O) groups excluding carboxylic acids is 1. The molecule has 0 saturated heterocycles. The van der Waals surface area contributed by atoms with Gasteiger partial charge >= 0.3 is 0 Å². The third-order valence-corrected chi connectivity index (χ3v) is 4.23. The Bertz CT molecular complexity index is 696. The van der Waals surface area contributed by atoms with E-state index < -0.39 is 0 Å². The Morgan fingerprint density at radius 2 is 1.93 bits per heavy atom. The van der Waals surface area contributed by atoms with Crippen molar-refractivity contribution in [2.75, 3.05) is 33.9 Å². The summed E-state index contributed by atoms with van der Waals surface area (Å²) >= 11 is 6.04. The summed E-state index contributed by atoms with van der Waals surface area (Å²) in [6.07, 6.45) is 0.857. The zero-order valence-corrected chi connectivity index (χ0v) is 17.1. The van der Waals surface area contributed by atoms with Crippen LogP contribution in [-0.2, 0) is 16.0 Å². The molecule has 0 aliphatic carbocycles. The molecule has 0 heterocycles. The standard InChI is InChI=1S/C20H25ClN2O3.ClH/c1-22-20(24)14-26-18-8-6-15(7-9-18)10-11-23-13-19(25-2)16-4-3-5-17(21)12-16;/h3-9,12,19,23H,10-11,13-14H2,1-2H3,(H,22,24);1H. The maximum atomic E-state index is 11.2. The van der Waals surface area contributed by atoms with Gasteiger partial charge in [-0.1, -0.05) is 35.9 Å². The molecule has 0 aromatic heterocycles. The first-order chi connectivity index (χ1) is 12.6. The molecule has 0 saturated carbocycles. The van der Waals surface area contributed by atoms with Gasteiger partial charge in [-0.3, -0.25) is 4.79 Å². The average molecular weight is 413 g/mol. The average Bonchev–Trinajstić information content (AvgIpc) is 2.67. The topological polar surface area (TPSA) is 59.6 Å². The van der Waals surface area contributed by atoms with E-state index in [9.17, 15) is 4.79 Å². The molecule has 0 aliphatic heterocycles. The molecule has 27 heavy (non-hydrogen) atoms. The number of carbonyl (C=O) groups is 1. The van der Waals surface area contributed by atoms with Crippen LogP contribution < -0.4 is 15.4 Å². The molecule has 2 aromatic rings. The van der Waals surface area contributed by atoms with Gasteiger partial charge in [-0.25, -0.2) is 0 Å². The molecule has 2 aromatic carbocycles. The Kier molecular flexibility index (Phi) is 10.8. The molecule has 0 bridgehead atoms. The summed E-state index contributed by atoms with van der Waals surface area (Å²) in [5, 5.41) is 6.64. The lowest BCUT2D eigenvalue weighted by molar-refractivity contribution is -0.122. The van der Waals surface area contributed by atoms with E-state index in [4.69, 9.17) is 21.1 Å². The van der Waals surface area contributed by atoms with Crippen LogP contribution in [0.25, 0.3) is 0 Å². The highest BCUT2D eigenvalue weighted by Gasteiger charge is 2.10. The van der Waals surface area contributed by atoms with Gasteiger partial charge in [-0.15, -0.1) is 12.4 Å². The summed E-state index contributed by atoms with van der Waals surface area (Å²) in [7, 11) is 3.28. The summed E-state index contributed by atoms with van der Waals surface area (Å²) in [4.78, 5) is 11.2. The van der Waals surface area contributed by atoms with Crippen LogP contribution >= 0.6 is 24.0 Å². The number of halogens is 2. The van der Waals surface area contributed by atoms with Crippen molar-refractivity contribution in [2.24, 2.45) is 0 Å². The predicted molar refractivity (Wildman–Crippen MR) is 111 cm³/mol. The molecule has 2 rings (SSSR count). The minimum Gasteiger partial charge on any atom is -0.484 e.